The molecule has 0 N–H and O–H groups in total. The SMILES string of the molecule is COCC1c2ccccc2CSc2ccccc21. The Morgan fingerprint density at radius 2 is 1.78 bits per heavy atom. The van der Waals surface area contributed by atoms with Crippen molar-refractivity contribution in [2.24, 2.45) is 0 Å². The van der Waals surface area contributed by atoms with Crippen molar-refractivity contribution in [2.75, 3.05) is 13.7 Å². The molecule has 92 valence electrons. The van der Waals surface area contributed by atoms with Gasteiger partial charge in [-0.05, 0) is 22.8 Å². The molecule has 0 spiro atoms. The van der Waals surface area contributed by atoms with Gasteiger partial charge in [0.1, 0.15) is 0 Å². The highest BCUT2D eigenvalue weighted by Gasteiger charge is 2.23. The topological polar surface area (TPSA) is 9.23 Å². The number of methoxy groups -OCH3 is 1. The summed E-state index contributed by atoms with van der Waals surface area (Å²) in [5.41, 5.74) is 4.24. The van der Waals surface area contributed by atoms with Crippen molar-refractivity contribution in [2.45, 2.75) is 16.6 Å². The summed E-state index contributed by atoms with van der Waals surface area (Å²) in [7, 11) is 1.78. The van der Waals surface area contributed by atoms with E-state index in [0.717, 1.165) is 12.4 Å². The van der Waals surface area contributed by atoms with E-state index in [4.69, 9.17) is 4.74 Å². The summed E-state index contributed by atoms with van der Waals surface area (Å²) >= 11 is 1.93. The van der Waals surface area contributed by atoms with Crippen molar-refractivity contribution >= 4 is 11.8 Å². The molecule has 1 unspecified atom stereocenters. The zero-order valence-corrected chi connectivity index (χ0v) is 11.2. The highest BCUT2D eigenvalue weighted by Crippen LogP contribution is 2.40. The molecule has 0 saturated heterocycles. The first kappa shape index (κ1) is 11.8. The standard InChI is InChI=1S/C16H16OS/c1-17-10-15-13-7-3-2-6-12(13)11-18-16-9-5-4-8-14(15)16/h2-9,15H,10-11H2,1H3. The van der Waals surface area contributed by atoms with Crippen LogP contribution in [0, 0.1) is 0 Å². The molecular weight excluding hydrogens is 240 g/mol. The molecule has 1 heterocycles. The van der Waals surface area contributed by atoms with Crippen molar-refractivity contribution in [3.8, 4) is 0 Å². The molecule has 2 aromatic carbocycles. The van der Waals surface area contributed by atoms with Gasteiger partial charge in [-0.3, -0.25) is 0 Å². The van der Waals surface area contributed by atoms with Crippen LogP contribution < -0.4 is 0 Å². The van der Waals surface area contributed by atoms with Crippen LogP contribution in [-0.2, 0) is 10.5 Å². The highest BCUT2D eigenvalue weighted by molar-refractivity contribution is 7.98. The minimum absolute atomic E-state index is 0.359. The molecule has 1 nitrogen and oxygen atoms in total. The summed E-state index contributed by atoms with van der Waals surface area (Å²) in [5, 5.41) is 0. The highest BCUT2D eigenvalue weighted by atomic mass is 32.2. The Kier molecular flexibility index (Phi) is 3.39. The molecule has 0 radical (unpaired) electrons. The molecule has 3 rings (SSSR count). The summed E-state index contributed by atoms with van der Waals surface area (Å²) < 4.78 is 5.44. The summed E-state index contributed by atoms with van der Waals surface area (Å²) in [4.78, 5) is 1.38. The van der Waals surface area contributed by atoms with E-state index in [0.29, 0.717) is 5.92 Å². The number of ether oxygens (including phenoxy) is 1. The molecule has 18 heavy (non-hydrogen) atoms. The van der Waals surface area contributed by atoms with Crippen LogP contribution in [0.3, 0.4) is 0 Å². The fraction of sp³-hybridized carbons (Fsp3) is 0.250. The smallest absolute Gasteiger partial charge is 0.0572 e. The predicted octanol–water partition coefficient (Wildman–Crippen LogP) is 4.07. The third-order valence-electron chi connectivity index (χ3n) is 3.44. The van der Waals surface area contributed by atoms with Crippen LogP contribution in [0.2, 0.25) is 0 Å². The van der Waals surface area contributed by atoms with E-state index in [2.05, 4.69) is 48.5 Å². The van der Waals surface area contributed by atoms with Gasteiger partial charge in [0.2, 0.25) is 0 Å². The quantitative estimate of drug-likeness (QED) is 0.801. The van der Waals surface area contributed by atoms with Crippen LogP contribution in [-0.4, -0.2) is 13.7 Å². The average molecular weight is 256 g/mol. The number of rotatable bonds is 2. The summed E-state index contributed by atoms with van der Waals surface area (Å²) in [6.45, 7) is 0.745. The number of thioether (sulfide) groups is 1. The van der Waals surface area contributed by atoms with Gasteiger partial charge in [-0.15, -0.1) is 11.8 Å². The van der Waals surface area contributed by atoms with E-state index in [-0.39, 0.29) is 0 Å². The number of hydrogen-bond donors (Lipinski definition) is 0. The maximum absolute atomic E-state index is 5.44. The number of benzene rings is 2. The average Bonchev–Trinajstić information content (AvgIpc) is 2.58. The summed E-state index contributed by atoms with van der Waals surface area (Å²) in [6, 6.07) is 17.4. The molecule has 0 bridgehead atoms. The Balaban J connectivity index is 2.15. The third-order valence-corrected chi connectivity index (χ3v) is 4.58. The van der Waals surface area contributed by atoms with Crippen molar-refractivity contribution < 1.29 is 4.74 Å². The second-order valence-electron chi connectivity index (χ2n) is 4.53. The predicted molar refractivity (Wildman–Crippen MR) is 76.2 cm³/mol. The first-order valence-corrected chi connectivity index (χ1v) is 7.17. The van der Waals surface area contributed by atoms with Crippen molar-refractivity contribution in [1.29, 1.82) is 0 Å². The Morgan fingerprint density at radius 1 is 1.06 bits per heavy atom. The van der Waals surface area contributed by atoms with Gasteiger partial charge in [0.15, 0.2) is 0 Å². The number of hydrogen-bond acceptors (Lipinski definition) is 2. The Bertz CT molecular complexity index is 503. The first-order valence-electron chi connectivity index (χ1n) is 6.18. The van der Waals surface area contributed by atoms with Crippen LogP contribution in [0.4, 0.5) is 0 Å². The Hall–Kier alpha value is -1.25. The van der Waals surface area contributed by atoms with Gasteiger partial charge in [-0.25, -0.2) is 0 Å². The first-order chi connectivity index (χ1) is 8.90. The molecule has 1 aliphatic heterocycles. The lowest BCUT2D eigenvalue weighted by atomic mass is 9.89. The molecule has 0 saturated carbocycles. The molecule has 1 atom stereocenters. The van der Waals surface area contributed by atoms with E-state index >= 15 is 0 Å². The monoisotopic (exact) mass is 256 g/mol. The Labute approximate surface area is 112 Å². The second kappa shape index (κ2) is 5.17. The van der Waals surface area contributed by atoms with Gasteiger partial charge in [0, 0.05) is 23.7 Å². The lowest BCUT2D eigenvalue weighted by Gasteiger charge is -2.18. The molecule has 1 aliphatic rings. The van der Waals surface area contributed by atoms with E-state index in [9.17, 15) is 0 Å². The molecule has 0 aliphatic carbocycles. The van der Waals surface area contributed by atoms with Crippen LogP contribution in [0.25, 0.3) is 0 Å². The van der Waals surface area contributed by atoms with Gasteiger partial charge in [0.25, 0.3) is 0 Å². The zero-order valence-electron chi connectivity index (χ0n) is 10.4. The Morgan fingerprint density at radius 3 is 2.61 bits per heavy atom. The van der Waals surface area contributed by atoms with Gasteiger partial charge in [-0.2, -0.15) is 0 Å². The fourth-order valence-electron chi connectivity index (χ4n) is 2.57. The van der Waals surface area contributed by atoms with Crippen LogP contribution in [0.1, 0.15) is 22.6 Å². The van der Waals surface area contributed by atoms with Gasteiger partial charge < -0.3 is 4.74 Å². The molecule has 0 amide bonds. The number of fused-ring (bicyclic) bond motifs is 2. The van der Waals surface area contributed by atoms with E-state index in [1.165, 1.54) is 21.6 Å². The fourth-order valence-corrected chi connectivity index (χ4v) is 3.70. The van der Waals surface area contributed by atoms with Crippen molar-refractivity contribution in [1.82, 2.24) is 0 Å². The summed E-state index contributed by atoms with van der Waals surface area (Å²) in [5.74, 6) is 1.41. The maximum atomic E-state index is 5.44. The van der Waals surface area contributed by atoms with Crippen LogP contribution in [0.5, 0.6) is 0 Å². The second-order valence-corrected chi connectivity index (χ2v) is 5.55. The van der Waals surface area contributed by atoms with Gasteiger partial charge >= 0.3 is 0 Å². The van der Waals surface area contributed by atoms with Crippen LogP contribution >= 0.6 is 11.8 Å². The van der Waals surface area contributed by atoms with Crippen LogP contribution in [0.15, 0.2) is 53.4 Å². The van der Waals surface area contributed by atoms with E-state index in [1.54, 1.807) is 7.11 Å². The molecule has 0 aromatic heterocycles. The zero-order chi connectivity index (χ0) is 12.4. The molecule has 2 heteroatoms. The summed E-state index contributed by atoms with van der Waals surface area (Å²) in [6.07, 6.45) is 0. The molecule has 0 fully saturated rings. The normalized spacial score (nSPS) is 17.7. The maximum Gasteiger partial charge on any atom is 0.0572 e. The van der Waals surface area contributed by atoms with Crippen molar-refractivity contribution in [3.63, 3.8) is 0 Å². The lowest BCUT2D eigenvalue weighted by molar-refractivity contribution is 0.188. The van der Waals surface area contributed by atoms with E-state index in [1.807, 2.05) is 11.8 Å². The minimum atomic E-state index is 0.359. The largest absolute Gasteiger partial charge is 0.384 e. The van der Waals surface area contributed by atoms with Crippen molar-refractivity contribution in [3.05, 3.63) is 65.2 Å². The van der Waals surface area contributed by atoms with Gasteiger partial charge in [-0.1, -0.05) is 42.5 Å². The molecule has 2 aromatic rings. The minimum Gasteiger partial charge on any atom is -0.384 e. The molecular formula is C16H16OS. The third kappa shape index (κ3) is 2.06. The van der Waals surface area contributed by atoms with Gasteiger partial charge in [0.05, 0.1) is 6.61 Å². The van der Waals surface area contributed by atoms with E-state index < -0.39 is 0 Å². The lowest BCUT2D eigenvalue weighted by Crippen LogP contribution is -2.09.